The number of fused-ring (bicyclic) bond motifs is 1. The van der Waals surface area contributed by atoms with Crippen LogP contribution >= 0.6 is 11.3 Å². The van der Waals surface area contributed by atoms with Gasteiger partial charge in [0, 0.05) is 17.5 Å². The minimum absolute atomic E-state index is 0.621. The maximum absolute atomic E-state index is 3.72. The van der Waals surface area contributed by atoms with Crippen LogP contribution in [0, 0.1) is 5.41 Å². The maximum Gasteiger partial charge on any atom is 0.0388 e. The van der Waals surface area contributed by atoms with Gasteiger partial charge in [-0.25, -0.2) is 0 Å². The topological polar surface area (TPSA) is 12.0 Å². The van der Waals surface area contributed by atoms with Crippen molar-refractivity contribution < 1.29 is 0 Å². The highest BCUT2D eigenvalue weighted by molar-refractivity contribution is 7.10. The van der Waals surface area contributed by atoms with Gasteiger partial charge in [0.15, 0.2) is 0 Å². The van der Waals surface area contributed by atoms with Crippen LogP contribution in [0.4, 0.5) is 0 Å². The molecule has 0 bridgehead atoms. The summed E-state index contributed by atoms with van der Waals surface area (Å²) in [6, 6.07) is 3.01. The van der Waals surface area contributed by atoms with Crippen molar-refractivity contribution in [1.29, 1.82) is 0 Å². The molecule has 1 fully saturated rings. The van der Waals surface area contributed by atoms with Gasteiger partial charge in [0.1, 0.15) is 0 Å². The summed E-state index contributed by atoms with van der Waals surface area (Å²) in [7, 11) is 0. The Bertz CT molecular complexity index is 338. The molecule has 0 spiro atoms. The zero-order valence-corrected chi connectivity index (χ0v) is 9.49. The normalized spacial score (nSPS) is 28.5. The van der Waals surface area contributed by atoms with E-state index in [0.29, 0.717) is 11.5 Å². The van der Waals surface area contributed by atoms with Gasteiger partial charge >= 0.3 is 0 Å². The molecule has 0 aromatic carbocycles. The number of thiophene rings is 1. The third kappa shape index (κ3) is 1.17. The van der Waals surface area contributed by atoms with E-state index in [1.165, 1.54) is 32.2 Å². The van der Waals surface area contributed by atoms with Gasteiger partial charge in [-0.05, 0) is 48.1 Å². The molecule has 0 amide bonds. The summed E-state index contributed by atoms with van der Waals surface area (Å²) in [5, 5.41) is 5.98. The van der Waals surface area contributed by atoms with E-state index in [1.807, 2.05) is 11.3 Å². The third-order valence-electron chi connectivity index (χ3n) is 4.00. The van der Waals surface area contributed by atoms with Crippen LogP contribution in [-0.4, -0.2) is 6.54 Å². The highest BCUT2D eigenvalue weighted by atomic mass is 32.1. The predicted octanol–water partition coefficient (Wildman–Crippen LogP) is 3.13. The average Bonchev–Trinajstić information content (AvgIpc) is 2.87. The van der Waals surface area contributed by atoms with Crippen LogP contribution in [0.3, 0.4) is 0 Å². The largest absolute Gasteiger partial charge is 0.309 e. The molecule has 0 radical (unpaired) electrons. The summed E-state index contributed by atoms with van der Waals surface area (Å²) < 4.78 is 0. The summed E-state index contributed by atoms with van der Waals surface area (Å²) in [6.45, 7) is 3.52. The molecule has 1 saturated carbocycles. The zero-order chi connectivity index (χ0) is 9.60. The van der Waals surface area contributed by atoms with Crippen molar-refractivity contribution in [1.82, 2.24) is 5.32 Å². The van der Waals surface area contributed by atoms with E-state index >= 15 is 0 Å². The highest BCUT2D eigenvalue weighted by Crippen LogP contribution is 2.58. The first-order valence-corrected chi connectivity index (χ1v) is 6.53. The van der Waals surface area contributed by atoms with Crippen LogP contribution in [0.15, 0.2) is 11.4 Å². The van der Waals surface area contributed by atoms with Crippen molar-refractivity contribution in [2.24, 2.45) is 5.41 Å². The second-order valence-electron chi connectivity index (χ2n) is 4.65. The number of hydrogen-bond donors (Lipinski definition) is 1. The summed E-state index contributed by atoms with van der Waals surface area (Å²) in [5.41, 5.74) is 2.23. The Balaban J connectivity index is 1.96. The molecule has 1 aliphatic heterocycles. The van der Waals surface area contributed by atoms with Crippen molar-refractivity contribution in [3.63, 3.8) is 0 Å². The first-order chi connectivity index (χ1) is 6.86. The summed E-state index contributed by atoms with van der Waals surface area (Å²) in [4.78, 5) is 1.63. The quantitative estimate of drug-likeness (QED) is 0.785. The van der Waals surface area contributed by atoms with E-state index in [2.05, 4.69) is 23.7 Å². The zero-order valence-electron chi connectivity index (χ0n) is 8.68. The molecule has 0 saturated heterocycles. The minimum Gasteiger partial charge on any atom is -0.309 e. The lowest BCUT2D eigenvalue weighted by Crippen LogP contribution is -2.34. The molecule has 1 aromatic heterocycles. The number of hydrogen-bond acceptors (Lipinski definition) is 2. The molecular weight excluding hydrogens is 190 g/mol. The van der Waals surface area contributed by atoms with Crippen LogP contribution in [0.2, 0.25) is 0 Å². The van der Waals surface area contributed by atoms with Gasteiger partial charge in [0.05, 0.1) is 0 Å². The van der Waals surface area contributed by atoms with E-state index in [0.717, 1.165) is 0 Å². The monoisotopic (exact) mass is 207 g/mol. The van der Waals surface area contributed by atoms with Crippen molar-refractivity contribution in [3.05, 3.63) is 21.9 Å². The van der Waals surface area contributed by atoms with E-state index in [9.17, 15) is 0 Å². The SMILES string of the molecule is CCC1(C2NCCc3sccc32)CC1. The van der Waals surface area contributed by atoms with Gasteiger partial charge in [0.2, 0.25) is 0 Å². The lowest BCUT2D eigenvalue weighted by Gasteiger charge is -2.31. The molecule has 1 nitrogen and oxygen atoms in total. The third-order valence-corrected chi connectivity index (χ3v) is 5.00. The van der Waals surface area contributed by atoms with Gasteiger partial charge < -0.3 is 5.32 Å². The van der Waals surface area contributed by atoms with E-state index in [-0.39, 0.29) is 0 Å². The molecule has 1 unspecified atom stereocenters. The Morgan fingerprint density at radius 1 is 1.57 bits per heavy atom. The second kappa shape index (κ2) is 3.07. The molecule has 1 N–H and O–H groups in total. The van der Waals surface area contributed by atoms with Crippen LogP contribution in [0.1, 0.15) is 42.7 Å². The van der Waals surface area contributed by atoms with Crippen molar-refractivity contribution in [2.45, 2.75) is 38.6 Å². The number of rotatable bonds is 2. The Morgan fingerprint density at radius 2 is 2.43 bits per heavy atom. The highest BCUT2D eigenvalue weighted by Gasteiger charge is 2.49. The van der Waals surface area contributed by atoms with Crippen molar-refractivity contribution in [2.75, 3.05) is 6.54 Å². The Kier molecular flexibility index (Phi) is 1.96. The molecule has 14 heavy (non-hydrogen) atoms. The Morgan fingerprint density at radius 3 is 3.14 bits per heavy atom. The van der Waals surface area contributed by atoms with E-state index < -0.39 is 0 Å². The predicted molar refractivity (Wildman–Crippen MR) is 60.7 cm³/mol. The van der Waals surface area contributed by atoms with Crippen LogP contribution in [-0.2, 0) is 6.42 Å². The minimum atomic E-state index is 0.621. The fourth-order valence-corrected chi connectivity index (χ4v) is 3.73. The maximum atomic E-state index is 3.72. The molecule has 2 aliphatic rings. The van der Waals surface area contributed by atoms with E-state index in [1.54, 1.807) is 10.4 Å². The summed E-state index contributed by atoms with van der Waals surface area (Å²) >= 11 is 1.94. The van der Waals surface area contributed by atoms with Gasteiger partial charge in [-0.1, -0.05) is 6.92 Å². The molecule has 1 atom stereocenters. The fraction of sp³-hybridized carbons (Fsp3) is 0.667. The van der Waals surface area contributed by atoms with Gasteiger partial charge in [0.25, 0.3) is 0 Å². The first kappa shape index (κ1) is 8.93. The van der Waals surface area contributed by atoms with Crippen molar-refractivity contribution in [3.8, 4) is 0 Å². The van der Waals surface area contributed by atoms with Gasteiger partial charge in [-0.15, -0.1) is 11.3 Å². The molecule has 3 rings (SSSR count). The average molecular weight is 207 g/mol. The Hall–Kier alpha value is -0.340. The van der Waals surface area contributed by atoms with Gasteiger partial charge in [-0.2, -0.15) is 0 Å². The fourth-order valence-electron chi connectivity index (χ4n) is 2.80. The Labute approximate surface area is 89.5 Å². The second-order valence-corrected chi connectivity index (χ2v) is 5.65. The standard InChI is InChI=1S/C12H17NS/c1-2-12(5-6-12)11-9-4-8-14-10(9)3-7-13-11/h4,8,11,13H,2-3,5-7H2,1H3. The molecule has 2 heterocycles. The molecule has 76 valence electrons. The van der Waals surface area contributed by atoms with E-state index in [4.69, 9.17) is 0 Å². The van der Waals surface area contributed by atoms with Crippen LogP contribution in [0.5, 0.6) is 0 Å². The molecule has 1 aromatic rings. The lowest BCUT2D eigenvalue weighted by molar-refractivity contribution is 0.318. The van der Waals surface area contributed by atoms with Crippen LogP contribution in [0.25, 0.3) is 0 Å². The smallest absolute Gasteiger partial charge is 0.0388 e. The number of nitrogens with one attached hydrogen (secondary N) is 1. The summed E-state index contributed by atoms with van der Waals surface area (Å²) in [5.74, 6) is 0. The lowest BCUT2D eigenvalue weighted by atomic mass is 9.86. The first-order valence-electron chi connectivity index (χ1n) is 5.65. The molecule has 1 aliphatic carbocycles. The summed E-state index contributed by atoms with van der Waals surface area (Å²) in [6.07, 6.45) is 5.43. The molecule has 2 heteroatoms. The van der Waals surface area contributed by atoms with Crippen LogP contribution < -0.4 is 5.32 Å². The van der Waals surface area contributed by atoms with Gasteiger partial charge in [-0.3, -0.25) is 0 Å². The van der Waals surface area contributed by atoms with Crippen molar-refractivity contribution >= 4 is 11.3 Å². The molecular formula is C12H17NS.